The summed E-state index contributed by atoms with van der Waals surface area (Å²) in [6.07, 6.45) is 0.0101. The Morgan fingerprint density at radius 3 is 1.96 bits per heavy atom. The number of carbonyl (C=O) groups is 1. The van der Waals surface area contributed by atoms with Gasteiger partial charge >= 0.3 is 6.61 Å². The summed E-state index contributed by atoms with van der Waals surface area (Å²) in [5, 5.41) is 2.47. The highest BCUT2D eigenvalue weighted by molar-refractivity contribution is 5.95. The highest BCUT2D eigenvalue weighted by Crippen LogP contribution is 2.24. The molecule has 0 aliphatic carbocycles. The van der Waals surface area contributed by atoms with Crippen molar-refractivity contribution in [2.24, 2.45) is 0 Å². The Kier molecular flexibility index (Phi) is 6.65. The van der Waals surface area contributed by atoms with Gasteiger partial charge in [0.2, 0.25) is 0 Å². The van der Waals surface area contributed by atoms with Crippen LogP contribution in [0, 0.1) is 11.6 Å². The first-order valence-corrected chi connectivity index (χ1v) is 8.18. The molecule has 0 bridgehead atoms. The van der Waals surface area contributed by atoms with Crippen molar-refractivity contribution in [2.75, 3.05) is 0 Å². The molecule has 1 atom stereocenters. The number of benzene rings is 2. The summed E-state index contributed by atoms with van der Waals surface area (Å²) < 4.78 is 61.7. The van der Waals surface area contributed by atoms with Gasteiger partial charge in [0.25, 0.3) is 5.91 Å². The Hall–Kier alpha value is -2.77. The monoisotopic (exact) mass is 385 g/mol. The first-order valence-electron chi connectivity index (χ1n) is 8.18. The molecule has 0 aliphatic heterocycles. The Balaban J connectivity index is 2.12. The van der Waals surface area contributed by atoms with Crippen molar-refractivity contribution in [2.45, 2.75) is 39.5 Å². The molecule has 0 saturated carbocycles. The van der Waals surface area contributed by atoms with E-state index in [2.05, 4.69) is 10.1 Å². The van der Waals surface area contributed by atoms with Crippen LogP contribution in [-0.4, -0.2) is 18.6 Å². The first kappa shape index (κ1) is 20.5. The Morgan fingerprint density at radius 2 is 1.48 bits per heavy atom. The maximum Gasteiger partial charge on any atom is 0.387 e. The molecular formula is C19H19F4NO3. The SMILES string of the molecule is CC(C)Oc1ccc(C(C)NC(=O)c2c(F)cc(OC(F)F)cc2F)cc1. The van der Waals surface area contributed by atoms with Crippen LogP contribution >= 0.6 is 0 Å². The van der Waals surface area contributed by atoms with E-state index in [9.17, 15) is 22.4 Å². The summed E-state index contributed by atoms with van der Waals surface area (Å²) in [7, 11) is 0. The molecule has 27 heavy (non-hydrogen) atoms. The standard InChI is InChI=1S/C19H19F4NO3/c1-10(2)26-13-6-4-12(5-7-13)11(3)24-18(25)17-15(20)8-14(9-16(17)21)27-19(22)23/h4-11,19H,1-3H3,(H,24,25). The fourth-order valence-corrected chi connectivity index (χ4v) is 2.40. The topological polar surface area (TPSA) is 47.6 Å². The van der Waals surface area contributed by atoms with Gasteiger partial charge in [-0.3, -0.25) is 4.79 Å². The quantitative estimate of drug-likeness (QED) is 0.694. The molecule has 0 aliphatic rings. The Labute approximate surface area is 154 Å². The van der Waals surface area contributed by atoms with E-state index in [1.54, 1.807) is 31.2 Å². The zero-order valence-corrected chi connectivity index (χ0v) is 14.9. The molecule has 0 heterocycles. The minimum atomic E-state index is -3.23. The van der Waals surface area contributed by atoms with Crippen LogP contribution in [0.2, 0.25) is 0 Å². The number of halogens is 4. The lowest BCUT2D eigenvalue weighted by Crippen LogP contribution is -2.28. The molecule has 1 unspecified atom stereocenters. The lowest BCUT2D eigenvalue weighted by Gasteiger charge is -2.16. The second-order valence-corrected chi connectivity index (χ2v) is 6.07. The van der Waals surface area contributed by atoms with E-state index in [0.717, 1.165) is 0 Å². The minimum absolute atomic E-state index is 0.0101. The summed E-state index contributed by atoms with van der Waals surface area (Å²) >= 11 is 0. The Bertz CT molecular complexity index is 771. The fraction of sp³-hybridized carbons (Fsp3) is 0.316. The zero-order valence-electron chi connectivity index (χ0n) is 14.9. The number of nitrogens with one attached hydrogen (secondary N) is 1. The van der Waals surface area contributed by atoms with Crippen molar-refractivity contribution in [3.05, 3.63) is 59.2 Å². The molecule has 8 heteroatoms. The number of rotatable bonds is 7. The summed E-state index contributed by atoms with van der Waals surface area (Å²) in [5.41, 5.74) is -0.179. The van der Waals surface area contributed by atoms with Gasteiger partial charge in [-0.2, -0.15) is 8.78 Å². The molecule has 4 nitrogen and oxygen atoms in total. The lowest BCUT2D eigenvalue weighted by molar-refractivity contribution is -0.0501. The molecule has 0 aromatic heterocycles. The molecule has 1 N–H and O–H groups in total. The van der Waals surface area contributed by atoms with Crippen molar-refractivity contribution < 1.29 is 31.8 Å². The van der Waals surface area contributed by atoms with E-state index in [4.69, 9.17) is 4.74 Å². The first-order chi connectivity index (χ1) is 12.7. The number of hydrogen-bond donors (Lipinski definition) is 1. The fourth-order valence-electron chi connectivity index (χ4n) is 2.40. The lowest BCUT2D eigenvalue weighted by atomic mass is 10.1. The van der Waals surface area contributed by atoms with Gasteiger partial charge in [-0.15, -0.1) is 0 Å². The van der Waals surface area contributed by atoms with Crippen molar-refractivity contribution >= 4 is 5.91 Å². The summed E-state index contributed by atoms with van der Waals surface area (Å²) in [4.78, 5) is 12.2. The molecule has 146 valence electrons. The van der Waals surface area contributed by atoms with Crippen molar-refractivity contribution in [3.63, 3.8) is 0 Å². The molecule has 0 fully saturated rings. The average molecular weight is 385 g/mol. The van der Waals surface area contributed by atoms with E-state index in [1.807, 2.05) is 13.8 Å². The van der Waals surface area contributed by atoms with E-state index < -0.39 is 41.5 Å². The Morgan fingerprint density at radius 1 is 0.926 bits per heavy atom. The maximum atomic E-state index is 14.0. The van der Waals surface area contributed by atoms with Crippen LogP contribution in [0.25, 0.3) is 0 Å². The maximum absolute atomic E-state index is 14.0. The summed E-state index contributed by atoms with van der Waals surface area (Å²) in [6.45, 7) is 2.18. The van der Waals surface area contributed by atoms with Gasteiger partial charge in [0.1, 0.15) is 28.7 Å². The van der Waals surface area contributed by atoms with Crippen LogP contribution in [0.4, 0.5) is 17.6 Å². The summed E-state index contributed by atoms with van der Waals surface area (Å²) in [5.74, 6) is -3.65. The second kappa shape index (κ2) is 8.75. The third-order valence-corrected chi connectivity index (χ3v) is 3.57. The van der Waals surface area contributed by atoms with E-state index in [1.165, 1.54) is 0 Å². The van der Waals surface area contributed by atoms with E-state index in [0.29, 0.717) is 23.4 Å². The van der Waals surface area contributed by atoms with Gasteiger partial charge in [0, 0.05) is 12.1 Å². The summed E-state index contributed by atoms with van der Waals surface area (Å²) in [6, 6.07) is 7.39. The molecule has 2 aromatic carbocycles. The third kappa shape index (κ3) is 5.60. The van der Waals surface area contributed by atoms with E-state index >= 15 is 0 Å². The molecular weight excluding hydrogens is 366 g/mol. The zero-order chi connectivity index (χ0) is 20.1. The van der Waals surface area contributed by atoms with Crippen LogP contribution < -0.4 is 14.8 Å². The number of hydrogen-bond acceptors (Lipinski definition) is 3. The normalized spacial score (nSPS) is 12.2. The molecule has 2 aromatic rings. The molecule has 0 spiro atoms. The predicted molar refractivity (Wildman–Crippen MR) is 91.1 cm³/mol. The van der Waals surface area contributed by atoms with Gasteiger partial charge < -0.3 is 14.8 Å². The average Bonchev–Trinajstić information content (AvgIpc) is 2.53. The highest BCUT2D eigenvalue weighted by Gasteiger charge is 2.22. The number of amides is 1. The van der Waals surface area contributed by atoms with Crippen LogP contribution in [0.1, 0.15) is 42.7 Å². The van der Waals surface area contributed by atoms with Gasteiger partial charge in [0.15, 0.2) is 0 Å². The number of ether oxygens (including phenoxy) is 2. The molecule has 0 radical (unpaired) electrons. The number of alkyl halides is 2. The molecule has 0 saturated heterocycles. The van der Waals surface area contributed by atoms with Gasteiger partial charge in [-0.1, -0.05) is 12.1 Å². The molecule has 1 amide bonds. The highest BCUT2D eigenvalue weighted by atomic mass is 19.3. The predicted octanol–water partition coefficient (Wildman–Crippen LogP) is 4.84. The van der Waals surface area contributed by atoms with Gasteiger partial charge in [-0.25, -0.2) is 8.78 Å². The molecule has 2 rings (SSSR count). The van der Waals surface area contributed by atoms with Crippen molar-refractivity contribution in [3.8, 4) is 11.5 Å². The van der Waals surface area contributed by atoms with Crippen LogP contribution in [0.3, 0.4) is 0 Å². The van der Waals surface area contributed by atoms with Crippen molar-refractivity contribution in [1.82, 2.24) is 5.32 Å². The van der Waals surface area contributed by atoms with Gasteiger partial charge in [0.05, 0.1) is 12.1 Å². The van der Waals surface area contributed by atoms with Crippen LogP contribution in [-0.2, 0) is 0 Å². The largest absolute Gasteiger partial charge is 0.491 e. The minimum Gasteiger partial charge on any atom is -0.491 e. The van der Waals surface area contributed by atoms with E-state index in [-0.39, 0.29) is 6.10 Å². The smallest absolute Gasteiger partial charge is 0.387 e. The number of carbonyl (C=O) groups excluding carboxylic acids is 1. The van der Waals surface area contributed by atoms with Crippen molar-refractivity contribution in [1.29, 1.82) is 0 Å². The van der Waals surface area contributed by atoms with Gasteiger partial charge in [-0.05, 0) is 38.5 Å². The van der Waals surface area contributed by atoms with Crippen LogP contribution in [0.15, 0.2) is 36.4 Å². The second-order valence-electron chi connectivity index (χ2n) is 6.07. The van der Waals surface area contributed by atoms with Crippen LogP contribution in [0.5, 0.6) is 11.5 Å². The third-order valence-electron chi connectivity index (χ3n) is 3.57.